The Labute approximate surface area is 101 Å². The van der Waals surface area contributed by atoms with Crippen LogP contribution in [0.5, 0.6) is 0 Å². The van der Waals surface area contributed by atoms with Crippen molar-refractivity contribution in [1.82, 2.24) is 4.31 Å². The standard InChI is InChI=1S/C10H9F4NO2S/c11-8-2-1-7(3-9(8)12)18(16,17)15-4-6(5-15)10(13)14/h1-3,6,10H,4-5H2. The Bertz CT molecular complexity index is 555. The van der Waals surface area contributed by atoms with Crippen molar-refractivity contribution in [2.75, 3.05) is 13.1 Å². The second kappa shape index (κ2) is 4.51. The first-order valence-electron chi connectivity index (χ1n) is 5.05. The van der Waals surface area contributed by atoms with Crippen LogP contribution in [0.3, 0.4) is 0 Å². The maximum atomic E-state index is 12.9. The van der Waals surface area contributed by atoms with Gasteiger partial charge in [0.15, 0.2) is 11.6 Å². The molecular weight excluding hydrogens is 274 g/mol. The average molecular weight is 283 g/mol. The summed E-state index contributed by atoms with van der Waals surface area (Å²) in [6, 6.07) is 2.14. The minimum absolute atomic E-state index is 0.307. The number of sulfonamides is 1. The van der Waals surface area contributed by atoms with Gasteiger partial charge in [0.25, 0.3) is 0 Å². The highest BCUT2D eigenvalue weighted by molar-refractivity contribution is 7.89. The van der Waals surface area contributed by atoms with Crippen LogP contribution in [0.1, 0.15) is 0 Å². The van der Waals surface area contributed by atoms with Gasteiger partial charge in [-0.1, -0.05) is 0 Å². The van der Waals surface area contributed by atoms with Gasteiger partial charge in [-0.25, -0.2) is 26.0 Å². The van der Waals surface area contributed by atoms with E-state index in [-0.39, 0.29) is 13.1 Å². The molecule has 0 N–H and O–H groups in total. The lowest BCUT2D eigenvalue weighted by atomic mass is 10.1. The number of hydrogen-bond donors (Lipinski definition) is 0. The van der Waals surface area contributed by atoms with E-state index in [1.807, 2.05) is 0 Å². The Hall–Kier alpha value is -1.15. The summed E-state index contributed by atoms with van der Waals surface area (Å²) in [5, 5.41) is 0. The molecule has 0 aliphatic carbocycles. The van der Waals surface area contributed by atoms with Crippen molar-refractivity contribution in [1.29, 1.82) is 0 Å². The van der Waals surface area contributed by atoms with Gasteiger partial charge < -0.3 is 0 Å². The van der Waals surface area contributed by atoms with Gasteiger partial charge in [0, 0.05) is 19.0 Å². The molecule has 0 bridgehead atoms. The van der Waals surface area contributed by atoms with E-state index >= 15 is 0 Å². The highest BCUT2D eigenvalue weighted by Crippen LogP contribution is 2.29. The van der Waals surface area contributed by atoms with E-state index in [0.29, 0.717) is 12.1 Å². The Morgan fingerprint density at radius 2 is 1.78 bits per heavy atom. The number of nitrogens with zero attached hydrogens (tertiary/aromatic N) is 1. The first kappa shape index (κ1) is 13.3. The molecular formula is C10H9F4NO2S. The molecule has 1 aliphatic heterocycles. The van der Waals surface area contributed by atoms with Crippen LogP contribution in [0, 0.1) is 17.6 Å². The summed E-state index contributed by atoms with van der Waals surface area (Å²) in [6.45, 7) is -0.613. The molecule has 8 heteroatoms. The number of benzene rings is 1. The molecule has 0 aromatic heterocycles. The normalized spacial score (nSPS) is 18.1. The Balaban J connectivity index is 2.20. The first-order valence-corrected chi connectivity index (χ1v) is 6.49. The fraction of sp³-hybridized carbons (Fsp3) is 0.400. The van der Waals surface area contributed by atoms with E-state index < -0.39 is 38.9 Å². The Kier molecular flexibility index (Phi) is 3.33. The maximum absolute atomic E-state index is 12.9. The smallest absolute Gasteiger partial charge is 0.210 e. The number of alkyl halides is 2. The minimum atomic E-state index is -4.01. The zero-order chi connectivity index (χ0) is 13.5. The van der Waals surface area contributed by atoms with Crippen molar-refractivity contribution < 1.29 is 26.0 Å². The second-order valence-corrected chi connectivity index (χ2v) is 5.93. The molecule has 0 spiro atoms. The Morgan fingerprint density at radius 3 is 2.28 bits per heavy atom. The second-order valence-electron chi connectivity index (χ2n) is 3.99. The summed E-state index contributed by atoms with van der Waals surface area (Å²) in [4.78, 5) is -0.436. The SMILES string of the molecule is O=S(=O)(c1ccc(F)c(F)c1)N1CC(C(F)F)C1. The van der Waals surface area contributed by atoms with Gasteiger partial charge in [0.1, 0.15) is 0 Å². The van der Waals surface area contributed by atoms with E-state index in [1.54, 1.807) is 0 Å². The van der Waals surface area contributed by atoms with Crippen molar-refractivity contribution in [2.24, 2.45) is 5.92 Å². The van der Waals surface area contributed by atoms with Crippen molar-refractivity contribution in [3.05, 3.63) is 29.8 Å². The van der Waals surface area contributed by atoms with Gasteiger partial charge in [0.05, 0.1) is 4.90 Å². The maximum Gasteiger partial charge on any atom is 0.243 e. The predicted octanol–water partition coefficient (Wildman–Crippen LogP) is 1.85. The molecule has 100 valence electrons. The summed E-state index contributed by atoms with van der Waals surface area (Å²) >= 11 is 0. The average Bonchev–Trinajstić information content (AvgIpc) is 2.18. The predicted molar refractivity (Wildman–Crippen MR) is 54.6 cm³/mol. The summed E-state index contributed by atoms with van der Waals surface area (Å²) in [5.41, 5.74) is 0. The van der Waals surface area contributed by atoms with Gasteiger partial charge in [0.2, 0.25) is 16.4 Å². The molecule has 0 atom stereocenters. The molecule has 0 unspecified atom stereocenters. The summed E-state index contributed by atoms with van der Waals surface area (Å²) in [5.74, 6) is -3.45. The molecule has 1 aromatic carbocycles. The van der Waals surface area contributed by atoms with Crippen LogP contribution >= 0.6 is 0 Å². The molecule has 3 nitrogen and oxygen atoms in total. The van der Waals surface area contributed by atoms with E-state index in [4.69, 9.17) is 0 Å². The number of halogens is 4. The van der Waals surface area contributed by atoms with E-state index in [9.17, 15) is 26.0 Å². The summed E-state index contributed by atoms with van der Waals surface area (Å²) < 4.78 is 74.5. The lowest BCUT2D eigenvalue weighted by Crippen LogP contribution is -2.52. The molecule has 1 fully saturated rings. The molecule has 18 heavy (non-hydrogen) atoms. The quantitative estimate of drug-likeness (QED) is 0.794. The van der Waals surface area contributed by atoms with Gasteiger partial charge in [-0.05, 0) is 18.2 Å². The fourth-order valence-electron chi connectivity index (χ4n) is 1.61. The van der Waals surface area contributed by atoms with Crippen molar-refractivity contribution >= 4 is 10.0 Å². The summed E-state index contributed by atoms with van der Waals surface area (Å²) in [7, 11) is -4.01. The topological polar surface area (TPSA) is 37.4 Å². The van der Waals surface area contributed by atoms with E-state index in [0.717, 1.165) is 10.4 Å². The molecule has 1 aromatic rings. The third kappa shape index (κ3) is 2.22. The van der Waals surface area contributed by atoms with Crippen molar-refractivity contribution in [2.45, 2.75) is 11.3 Å². The highest BCUT2D eigenvalue weighted by Gasteiger charge is 2.41. The van der Waals surface area contributed by atoms with Crippen LogP contribution in [0.4, 0.5) is 17.6 Å². The molecule has 0 radical (unpaired) electrons. The fourth-order valence-corrected chi connectivity index (χ4v) is 3.18. The van der Waals surface area contributed by atoms with Crippen molar-refractivity contribution in [3.63, 3.8) is 0 Å². The zero-order valence-corrected chi connectivity index (χ0v) is 9.80. The van der Waals surface area contributed by atoms with Crippen LogP contribution < -0.4 is 0 Å². The molecule has 1 saturated heterocycles. The first-order chi connectivity index (χ1) is 8.32. The van der Waals surface area contributed by atoms with Crippen LogP contribution in [-0.2, 0) is 10.0 Å². The molecule has 0 amide bonds. The minimum Gasteiger partial charge on any atom is -0.210 e. The third-order valence-electron chi connectivity index (χ3n) is 2.76. The van der Waals surface area contributed by atoms with Gasteiger partial charge >= 0.3 is 0 Å². The van der Waals surface area contributed by atoms with Crippen molar-refractivity contribution in [3.8, 4) is 0 Å². The molecule has 0 saturated carbocycles. The Morgan fingerprint density at radius 1 is 1.17 bits per heavy atom. The molecule has 1 heterocycles. The monoisotopic (exact) mass is 283 g/mol. The zero-order valence-electron chi connectivity index (χ0n) is 8.98. The lowest BCUT2D eigenvalue weighted by Gasteiger charge is -2.37. The van der Waals surface area contributed by atoms with Crippen LogP contribution in [0.15, 0.2) is 23.1 Å². The van der Waals surface area contributed by atoms with Gasteiger partial charge in [-0.3, -0.25) is 0 Å². The lowest BCUT2D eigenvalue weighted by molar-refractivity contribution is 0.0123. The third-order valence-corrected chi connectivity index (χ3v) is 4.59. The van der Waals surface area contributed by atoms with Crippen LogP contribution in [0.25, 0.3) is 0 Å². The molecule has 2 rings (SSSR count). The molecule has 1 aliphatic rings. The van der Waals surface area contributed by atoms with E-state index in [1.165, 1.54) is 0 Å². The highest BCUT2D eigenvalue weighted by atomic mass is 32.2. The van der Waals surface area contributed by atoms with E-state index in [2.05, 4.69) is 0 Å². The largest absolute Gasteiger partial charge is 0.243 e. The van der Waals surface area contributed by atoms with Crippen LogP contribution in [0.2, 0.25) is 0 Å². The van der Waals surface area contributed by atoms with Gasteiger partial charge in [-0.2, -0.15) is 4.31 Å². The number of hydrogen-bond acceptors (Lipinski definition) is 2. The van der Waals surface area contributed by atoms with Gasteiger partial charge in [-0.15, -0.1) is 0 Å². The number of rotatable bonds is 3. The van der Waals surface area contributed by atoms with Crippen LogP contribution in [-0.4, -0.2) is 32.2 Å². The summed E-state index contributed by atoms with van der Waals surface area (Å²) in [6.07, 6.45) is -2.58.